The van der Waals surface area contributed by atoms with E-state index >= 15 is 0 Å². The fourth-order valence-corrected chi connectivity index (χ4v) is 2.12. The second-order valence-corrected chi connectivity index (χ2v) is 4.01. The van der Waals surface area contributed by atoms with E-state index < -0.39 is 0 Å². The third-order valence-electron chi connectivity index (χ3n) is 2.80. The standard InChI is InChI=1S/C9H17N5O/c1-10-5-7-3-2-4-14(6-7)8-11-9(15)13-12-8/h7,10H,2-6H2,1H3,(H2,11,12,13,15). The molecule has 84 valence electrons. The average Bonchev–Trinajstić information content (AvgIpc) is 2.66. The van der Waals surface area contributed by atoms with Gasteiger partial charge < -0.3 is 10.2 Å². The molecule has 1 aliphatic heterocycles. The molecular formula is C9H17N5O. The Kier molecular flexibility index (Phi) is 3.05. The van der Waals surface area contributed by atoms with Crippen LogP contribution in [0.5, 0.6) is 0 Å². The number of nitrogens with zero attached hydrogens (tertiary/aromatic N) is 2. The summed E-state index contributed by atoms with van der Waals surface area (Å²) in [6.45, 7) is 2.95. The van der Waals surface area contributed by atoms with Crippen molar-refractivity contribution in [3.05, 3.63) is 10.5 Å². The van der Waals surface area contributed by atoms with Crippen LogP contribution in [0.4, 0.5) is 5.95 Å². The molecule has 1 aromatic heterocycles. The van der Waals surface area contributed by atoms with Crippen molar-refractivity contribution < 1.29 is 0 Å². The second kappa shape index (κ2) is 4.48. The molecule has 0 aromatic carbocycles. The Labute approximate surface area is 88.1 Å². The molecule has 1 saturated heterocycles. The number of hydrogen-bond acceptors (Lipinski definition) is 4. The quantitative estimate of drug-likeness (QED) is 0.632. The topological polar surface area (TPSA) is 76.8 Å². The molecule has 3 N–H and O–H groups in total. The molecule has 0 saturated carbocycles. The maximum atomic E-state index is 10.9. The van der Waals surface area contributed by atoms with Gasteiger partial charge in [-0.25, -0.2) is 9.89 Å². The van der Waals surface area contributed by atoms with Crippen LogP contribution in [-0.2, 0) is 0 Å². The van der Waals surface area contributed by atoms with E-state index in [4.69, 9.17) is 0 Å². The maximum Gasteiger partial charge on any atom is 0.342 e. The monoisotopic (exact) mass is 211 g/mol. The van der Waals surface area contributed by atoms with Crippen LogP contribution in [0.2, 0.25) is 0 Å². The first-order chi connectivity index (χ1) is 7.29. The van der Waals surface area contributed by atoms with Crippen molar-refractivity contribution >= 4 is 5.95 Å². The molecule has 15 heavy (non-hydrogen) atoms. The molecule has 1 fully saturated rings. The van der Waals surface area contributed by atoms with Crippen molar-refractivity contribution in [1.82, 2.24) is 20.5 Å². The van der Waals surface area contributed by atoms with Crippen molar-refractivity contribution in [3.8, 4) is 0 Å². The lowest BCUT2D eigenvalue weighted by Crippen LogP contribution is -2.39. The van der Waals surface area contributed by atoms with Gasteiger partial charge in [0.25, 0.3) is 0 Å². The Hall–Kier alpha value is -1.30. The number of nitrogens with one attached hydrogen (secondary N) is 3. The predicted octanol–water partition coefficient (Wildman–Crippen LogP) is -0.466. The van der Waals surface area contributed by atoms with Crippen molar-refractivity contribution in [1.29, 1.82) is 0 Å². The number of hydrogen-bond donors (Lipinski definition) is 3. The lowest BCUT2D eigenvalue weighted by atomic mass is 9.98. The van der Waals surface area contributed by atoms with E-state index in [1.165, 1.54) is 6.42 Å². The Bertz CT molecular complexity index is 355. The molecule has 6 nitrogen and oxygen atoms in total. The van der Waals surface area contributed by atoms with Crippen molar-refractivity contribution in [2.45, 2.75) is 12.8 Å². The zero-order valence-corrected chi connectivity index (χ0v) is 8.92. The molecule has 1 atom stereocenters. The smallest absolute Gasteiger partial charge is 0.341 e. The van der Waals surface area contributed by atoms with Gasteiger partial charge in [-0.05, 0) is 32.4 Å². The molecule has 2 rings (SSSR count). The fraction of sp³-hybridized carbons (Fsp3) is 0.778. The normalized spacial score (nSPS) is 21.9. The highest BCUT2D eigenvalue weighted by Crippen LogP contribution is 2.18. The molecule has 1 unspecified atom stereocenters. The third kappa shape index (κ3) is 2.38. The summed E-state index contributed by atoms with van der Waals surface area (Å²) in [4.78, 5) is 15.7. The van der Waals surface area contributed by atoms with Crippen LogP contribution in [0.25, 0.3) is 0 Å². The van der Waals surface area contributed by atoms with E-state index in [2.05, 4.69) is 25.4 Å². The number of rotatable bonds is 3. The minimum atomic E-state index is -0.235. The molecule has 2 heterocycles. The lowest BCUT2D eigenvalue weighted by molar-refractivity contribution is 0.399. The molecule has 6 heteroatoms. The van der Waals surface area contributed by atoms with Crippen LogP contribution in [0.3, 0.4) is 0 Å². The Morgan fingerprint density at radius 2 is 2.53 bits per heavy atom. The van der Waals surface area contributed by atoms with Crippen LogP contribution in [0, 0.1) is 5.92 Å². The summed E-state index contributed by atoms with van der Waals surface area (Å²) in [5.74, 6) is 1.31. The van der Waals surface area contributed by atoms with Crippen LogP contribution < -0.4 is 15.9 Å². The SMILES string of the molecule is CNCC1CCCN(c2n[nH]c(=O)[nH]2)C1. The van der Waals surface area contributed by atoms with Gasteiger partial charge in [0.05, 0.1) is 0 Å². The van der Waals surface area contributed by atoms with Crippen LogP contribution in [-0.4, -0.2) is 41.9 Å². The Morgan fingerprint density at radius 1 is 1.67 bits per heavy atom. The van der Waals surface area contributed by atoms with Gasteiger partial charge in [0.2, 0.25) is 5.95 Å². The molecule has 0 amide bonds. The number of piperidine rings is 1. The van der Waals surface area contributed by atoms with Gasteiger partial charge in [0, 0.05) is 13.1 Å². The van der Waals surface area contributed by atoms with E-state index in [1.807, 2.05) is 7.05 Å². The summed E-state index contributed by atoms with van der Waals surface area (Å²) in [6.07, 6.45) is 2.40. The van der Waals surface area contributed by atoms with E-state index in [0.717, 1.165) is 26.1 Å². The number of anilines is 1. The van der Waals surface area contributed by atoms with Crippen LogP contribution in [0.1, 0.15) is 12.8 Å². The van der Waals surface area contributed by atoms with Crippen molar-refractivity contribution in [3.63, 3.8) is 0 Å². The number of H-pyrrole nitrogens is 2. The van der Waals surface area contributed by atoms with Gasteiger partial charge >= 0.3 is 5.69 Å². The predicted molar refractivity (Wildman–Crippen MR) is 58.1 cm³/mol. The fourth-order valence-electron chi connectivity index (χ4n) is 2.12. The van der Waals surface area contributed by atoms with E-state index in [0.29, 0.717) is 11.9 Å². The maximum absolute atomic E-state index is 10.9. The highest BCUT2D eigenvalue weighted by molar-refractivity contribution is 5.27. The highest BCUT2D eigenvalue weighted by atomic mass is 16.1. The zero-order chi connectivity index (χ0) is 10.7. The van der Waals surface area contributed by atoms with Crippen LogP contribution in [0.15, 0.2) is 4.79 Å². The van der Waals surface area contributed by atoms with E-state index in [1.54, 1.807) is 0 Å². The lowest BCUT2D eigenvalue weighted by Gasteiger charge is -2.32. The summed E-state index contributed by atoms with van der Waals surface area (Å²) in [7, 11) is 1.97. The summed E-state index contributed by atoms with van der Waals surface area (Å²) in [5.41, 5.74) is -0.235. The summed E-state index contributed by atoms with van der Waals surface area (Å²) < 4.78 is 0. The average molecular weight is 211 g/mol. The summed E-state index contributed by atoms with van der Waals surface area (Å²) >= 11 is 0. The van der Waals surface area contributed by atoms with Crippen molar-refractivity contribution in [2.75, 3.05) is 31.6 Å². The molecule has 1 aliphatic rings. The van der Waals surface area contributed by atoms with Gasteiger partial charge in [-0.2, -0.15) is 0 Å². The van der Waals surface area contributed by atoms with Gasteiger partial charge in [0.1, 0.15) is 0 Å². The van der Waals surface area contributed by atoms with E-state index in [9.17, 15) is 4.79 Å². The summed E-state index contributed by atoms with van der Waals surface area (Å²) in [6, 6.07) is 0. The highest BCUT2D eigenvalue weighted by Gasteiger charge is 2.21. The zero-order valence-electron chi connectivity index (χ0n) is 8.92. The molecular weight excluding hydrogens is 194 g/mol. The van der Waals surface area contributed by atoms with Crippen LogP contribution >= 0.6 is 0 Å². The third-order valence-corrected chi connectivity index (χ3v) is 2.80. The first-order valence-corrected chi connectivity index (χ1v) is 5.34. The molecule has 1 aromatic rings. The number of aromatic nitrogens is 3. The van der Waals surface area contributed by atoms with E-state index in [-0.39, 0.29) is 5.69 Å². The molecule has 0 radical (unpaired) electrons. The first kappa shape index (κ1) is 10.2. The second-order valence-electron chi connectivity index (χ2n) is 4.01. The van der Waals surface area contributed by atoms with Gasteiger partial charge in [0.15, 0.2) is 0 Å². The Balaban J connectivity index is 2.01. The van der Waals surface area contributed by atoms with Gasteiger partial charge in [-0.3, -0.25) is 4.98 Å². The minimum absolute atomic E-state index is 0.235. The molecule has 0 bridgehead atoms. The minimum Gasteiger partial charge on any atom is -0.341 e. The molecule has 0 aliphatic carbocycles. The van der Waals surface area contributed by atoms with Gasteiger partial charge in [-0.1, -0.05) is 0 Å². The van der Waals surface area contributed by atoms with Crippen molar-refractivity contribution in [2.24, 2.45) is 5.92 Å². The first-order valence-electron chi connectivity index (χ1n) is 5.34. The Morgan fingerprint density at radius 3 is 3.20 bits per heavy atom. The largest absolute Gasteiger partial charge is 0.342 e. The summed E-state index contributed by atoms with van der Waals surface area (Å²) in [5, 5.41) is 9.53. The van der Waals surface area contributed by atoms with Gasteiger partial charge in [-0.15, -0.1) is 5.10 Å². The number of aromatic amines is 2. The molecule has 0 spiro atoms.